The van der Waals surface area contributed by atoms with Crippen molar-refractivity contribution in [3.63, 3.8) is 0 Å². The molecule has 37 heavy (non-hydrogen) atoms. The summed E-state index contributed by atoms with van der Waals surface area (Å²) in [7, 11) is -3.72. The molecule has 1 atom stereocenters. The van der Waals surface area contributed by atoms with Gasteiger partial charge in [0.15, 0.2) is 21.5 Å². The highest BCUT2D eigenvalue weighted by molar-refractivity contribution is 7.90. The normalized spacial score (nSPS) is 15.9. The Kier molecular flexibility index (Phi) is 7.93. The molecular weight excluding hydrogens is 506 g/mol. The Morgan fingerprint density at radius 2 is 1.86 bits per heavy atom. The topological polar surface area (TPSA) is 126 Å². The van der Waals surface area contributed by atoms with Crippen molar-refractivity contribution in [1.82, 2.24) is 20.3 Å². The van der Waals surface area contributed by atoms with Crippen LogP contribution in [0.15, 0.2) is 47.4 Å². The van der Waals surface area contributed by atoms with Crippen molar-refractivity contribution in [3.05, 3.63) is 48.3 Å². The van der Waals surface area contributed by atoms with Crippen molar-refractivity contribution in [3.8, 4) is 22.8 Å². The Bertz CT molecular complexity index is 1390. The number of sulfone groups is 1. The molecule has 1 aliphatic heterocycles. The van der Waals surface area contributed by atoms with Gasteiger partial charge in [0.05, 0.1) is 24.2 Å². The number of ether oxygens (including phenoxy) is 1. The van der Waals surface area contributed by atoms with Gasteiger partial charge in [0.25, 0.3) is 0 Å². The fourth-order valence-electron chi connectivity index (χ4n) is 3.81. The van der Waals surface area contributed by atoms with Crippen LogP contribution in [0.4, 0.5) is 25.2 Å². The monoisotopic (exact) mass is 532 g/mol. The second-order valence-corrected chi connectivity index (χ2v) is 10.4. The lowest BCUT2D eigenvalue weighted by molar-refractivity contribution is 0.0981. The molecule has 2 amide bonds. The van der Waals surface area contributed by atoms with Gasteiger partial charge in [0.1, 0.15) is 12.5 Å². The van der Waals surface area contributed by atoms with Crippen LogP contribution < -0.4 is 15.5 Å². The zero-order valence-electron chi connectivity index (χ0n) is 20.2. The molecule has 4 rings (SSSR count). The lowest BCUT2D eigenvalue weighted by Gasteiger charge is -2.33. The minimum atomic E-state index is -3.72. The molecule has 2 aromatic carbocycles. The van der Waals surface area contributed by atoms with E-state index in [1.807, 2.05) is 11.8 Å². The van der Waals surface area contributed by atoms with Gasteiger partial charge in [0.2, 0.25) is 5.95 Å². The molecule has 13 heteroatoms. The fourth-order valence-corrected chi connectivity index (χ4v) is 4.67. The van der Waals surface area contributed by atoms with Gasteiger partial charge in [-0.1, -0.05) is 0 Å². The summed E-state index contributed by atoms with van der Waals surface area (Å²) < 4.78 is 56.9. The molecule has 0 saturated carbocycles. The van der Waals surface area contributed by atoms with E-state index in [0.717, 1.165) is 18.4 Å². The number of carbonyl (C=O) groups is 1. The maximum absolute atomic E-state index is 14.2. The molecule has 0 spiro atoms. The summed E-state index contributed by atoms with van der Waals surface area (Å²) in [5.74, 6) is -0.0957. The van der Waals surface area contributed by atoms with Crippen molar-refractivity contribution < 1.29 is 26.7 Å². The van der Waals surface area contributed by atoms with Crippen LogP contribution >= 0.6 is 0 Å². The first-order chi connectivity index (χ1) is 17.7. The number of rotatable bonds is 7. The number of benzene rings is 2. The molecule has 1 fully saturated rings. The Morgan fingerprint density at radius 1 is 1.14 bits per heavy atom. The SMILES string of the molecule is C[C@H]1COCCN1c1nc(-c2ccc(NC(=O)NCCF)cc2)nc(-c2cc(F)ccc2S(C)(=O)=O)n1. The van der Waals surface area contributed by atoms with E-state index >= 15 is 0 Å². The predicted octanol–water partition coefficient (Wildman–Crippen LogP) is 3.06. The third kappa shape index (κ3) is 6.35. The molecule has 0 radical (unpaired) electrons. The number of aromatic nitrogens is 3. The van der Waals surface area contributed by atoms with Crippen LogP contribution in [0, 0.1) is 5.82 Å². The van der Waals surface area contributed by atoms with E-state index in [9.17, 15) is 22.0 Å². The largest absolute Gasteiger partial charge is 0.377 e. The second kappa shape index (κ2) is 11.1. The second-order valence-electron chi connectivity index (χ2n) is 8.46. The zero-order valence-corrected chi connectivity index (χ0v) is 21.1. The highest BCUT2D eigenvalue weighted by atomic mass is 32.2. The van der Waals surface area contributed by atoms with E-state index < -0.39 is 28.4 Å². The third-order valence-electron chi connectivity index (χ3n) is 5.61. The highest BCUT2D eigenvalue weighted by Gasteiger charge is 2.25. The third-order valence-corrected chi connectivity index (χ3v) is 6.77. The lowest BCUT2D eigenvalue weighted by Crippen LogP contribution is -2.44. The highest BCUT2D eigenvalue weighted by Crippen LogP contribution is 2.30. The number of hydrogen-bond acceptors (Lipinski definition) is 8. The molecule has 2 N–H and O–H groups in total. The average molecular weight is 533 g/mol. The average Bonchev–Trinajstić information content (AvgIpc) is 2.87. The number of nitrogens with one attached hydrogen (secondary N) is 2. The number of carbonyl (C=O) groups excluding carboxylic acids is 1. The number of morpholine rings is 1. The van der Waals surface area contributed by atoms with Gasteiger partial charge in [0, 0.05) is 36.2 Å². The van der Waals surface area contributed by atoms with Crippen molar-refractivity contribution >= 4 is 27.5 Å². The molecule has 0 unspecified atom stereocenters. The van der Waals surface area contributed by atoms with Gasteiger partial charge < -0.3 is 20.3 Å². The Balaban J connectivity index is 1.78. The van der Waals surface area contributed by atoms with E-state index in [1.54, 1.807) is 24.3 Å². The molecule has 1 saturated heterocycles. The van der Waals surface area contributed by atoms with Crippen molar-refractivity contribution in [2.45, 2.75) is 17.9 Å². The summed E-state index contributed by atoms with van der Waals surface area (Å²) in [5, 5.41) is 4.96. The number of anilines is 2. The Labute approximate surface area is 213 Å². The summed E-state index contributed by atoms with van der Waals surface area (Å²) in [4.78, 5) is 27.2. The minimum Gasteiger partial charge on any atom is -0.377 e. The van der Waals surface area contributed by atoms with E-state index in [0.29, 0.717) is 37.0 Å². The molecule has 0 bridgehead atoms. The van der Waals surface area contributed by atoms with Crippen LogP contribution in [0.5, 0.6) is 0 Å². The van der Waals surface area contributed by atoms with Gasteiger partial charge in [-0.15, -0.1) is 0 Å². The number of hydrogen-bond donors (Lipinski definition) is 2. The van der Waals surface area contributed by atoms with Gasteiger partial charge in [-0.2, -0.15) is 9.97 Å². The number of nitrogens with zero attached hydrogens (tertiary/aromatic N) is 4. The predicted molar refractivity (Wildman–Crippen MR) is 134 cm³/mol. The van der Waals surface area contributed by atoms with E-state index in [2.05, 4.69) is 25.6 Å². The first kappa shape index (κ1) is 26.4. The van der Waals surface area contributed by atoms with Gasteiger partial charge in [-0.25, -0.2) is 27.0 Å². The number of alkyl halides is 1. The van der Waals surface area contributed by atoms with Crippen molar-refractivity contribution in [2.24, 2.45) is 0 Å². The van der Waals surface area contributed by atoms with E-state index in [-0.39, 0.29) is 34.7 Å². The van der Waals surface area contributed by atoms with Crippen LogP contribution in [0.3, 0.4) is 0 Å². The Morgan fingerprint density at radius 3 is 2.54 bits per heavy atom. The summed E-state index contributed by atoms with van der Waals surface area (Å²) >= 11 is 0. The van der Waals surface area contributed by atoms with E-state index in [1.165, 1.54) is 6.07 Å². The molecule has 3 aromatic rings. The Hall–Kier alpha value is -3.71. The van der Waals surface area contributed by atoms with Gasteiger partial charge in [-0.05, 0) is 49.4 Å². The minimum absolute atomic E-state index is 0.00594. The van der Waals surface area contributed by atoms with Crippen LogP contribution in [0.2, 0.25) is 0 Å². The summed E-state index contributed by atoms with van der Waals surface area (Å²) in [6, 6.07) is 9.31. The standard InChI is InChI=1S/C24H26F2N6O4S/c1-15-14-36-12-11-32(15)23-30-21(16-3-6-18(7-4-16)28-24(33)27-10-9-25)29-22(31-23)19-13-17(26)5-8-20(19)37(2,34)35/h3-8,13,15H,9-12,14H2,1-2H3,(H2,27,28,33)/t15-/m0/s1. The van der Waals surface area contributed by atoms with Crippen molar-refractivity contribution in [2.75, 3.05) is 49.5 Å². The lowest BCUT2D eigenvalue weighted by atomic mass is 10.1. The maximum atomic E-state index is 14.2. The van der Waals surface area contributed by atoms with Gasteiger partial charge in [-0.3, -0.25) is 0 Å². The molecular formula is C24H26F2N6O4S. The number of halogens is 2. The summed E-state index contributed by atoms with van der Waals surface area (Å²) in [6.45, 7) is 2.58. The molecule has 196 valence electrons. The summed E-state index contributed by atoms with van der Waals surface area (Å²) in [6.07, 6.45) is 1.03. The molecule has 2 heterocycles. The first-order valence-corrected chi connectivity index (χ1v) is 13.4. The molecule has 1 aliphatic rings. The van der Waals surface area contributed by atoms with Crippen LogP contribution in [0.1, 0.15) is 6.92 Å². The molecule has 0 aliphatic carbocycles. The zero-order chi connectivity index (χ0) is 26.6. The molecule has 1 aromatic heterocycles. The van der Waals surface area contributed by atoms with Crippen LogP contribution in [-0.2, 0) is 14.6 Å². The molecule has 10 nitrogen and oxygen atoms in total. The fraction of sp³-hybridized carbons (Fsp3) is 0.333. The number of amides is 2. The number of urea groups is 1. The van der Waals surface area contributed by atoms with E-state index in [4.69, 9.17) is 4.74 Å². The van der Waals surface area contributed by atoms with Crippen molar-refractivity contribution in [1.29, 1.82) is 0 Å². The van der Waals surface area contributed by atoms with Crippen LogP contribution in [-0.4, -0.2) is 74.7 Å². The maximum Gasteiger partial charge on any atom is 0.319 e. The summed E-state index contributed by atoms with van der Waals surface area (Å²) in [5.41, 5.74) is 1.04. The smallest absolute Gasteiger partial charge is 0.319 e. The quantitative estimate of drug-likeness (QED) is 0.445. The van der Waals surface area contributed by atoms with Crippen LogP contribution in [0.25, 0.3) is 22.8 Å². The van der Waals surface area contributed by atoms with Gasteiger partial charge >= 0.3 is 6.03 Å². The first-order valence-electron chi connectivity index (χ1n) is 11.5.